The number of aromatic amines is 1. The van der Waals surface area contributed by atoms with Crippen LogP contribution in [0.3, 0.4) is 0 Å². The molecule has 11 nitrogen and oxygen atoms in total. The van der Waals surface area contributed by atoms with Crippen molar-refractivity contribution in [1.29, 1.82) is 0 Å². The summed E-state index contributed by atoms with van der Waals surface area (Å²) in [5, 5.41) is 16.8. The molecule has 0 fully saturated rings. The quantitative estimate of drug-likeness (QED) is 0.178. The van der Waals surface area contributed by atoms with E-state index in [4.69, 9.17) is 5.73 Å². The summed E-state index contributed by atoms with van der Waals surface area (Å²) in [6.45, 7) is 0.692. The van der Waals surface area contributed by atoms with E-state index in [0.29, 0.717) is 30.3 Å². The van der Waals surface area contributed by atoms with Gasteiger partial charge in [-0.05, 0) is 18.2 Å². The lowest BCUT2D eigenvalue weighted by atomic mass is 10.1. The summed E-state index contributed by atoms with van der Waals surface area (Å²) < 4.78 is 27.9. The second kappa shape index (κ2) is 9.21. The molecular weight excluding hydrogens is 436 g/mol. The number of nitrogens with one attached hydrogen (secondary N) is 3. The van der Waals surface area contributed by atoms with Crippen molar-refractivity contribution in [3.8, 4) is 22.6 Å². The molecule has 168 valence electrons. The van der Waals surface area contributed by atoms with Crippen molar-refractivity contribution in [2.45, 2.75) is 0 Å². The number of nitrogens with zero attached hydrogens (tertiary/aromatic N) is 5. The highest BCUT2D eigenvalue weighted by Gasteiger charge is 2.17. The number of anilines is 3. The Labute approximate surface area is 185 Å². The van der Waals surface area contributed by atoms with Gasteiger partial charge in [0.15, 0.2) is 0 Å². The van der Waals surface area contributed by atoms with Crippen LogP contribution in [0.2, 0.25) is 0 Å². The van der Waals surface area contributed by atoms with Gasteiger partial charge in [-0.1, -0.05) is 0 Å². The maximum absolute atomic E-state index is 14.5. The van der Waals surface area contributed by atoms with Crippen LogP contribution in [0.1, 0.15) is 0 Å². The molecule has 0 aliphatic heterocycles. The molecule has 0 unspecified atom stereocenters. The second-order valence-electron chi connectivity index (χ2n) is 6.73. The number of pyridine rings is 1. The maximum Gasteiger partial charge on any atom is 0.311 e. The van der Waals surface area contributed by atoms with Crippen molar-refractivity contribution in [3.63, 3.8) is 0 Å². The zero-order valence-electron chi connectivity index (χ0n) is 16.9. The predicted octanol–water partition coefficient (Wildman–Crippen LogP) is 3.22. The Morgan fingerprint density at radius 2 is 1.88 bits per heavy atom. The van der Waals surface area contributed by atoms with E-state index in [1.165, 1.54) is 30.6 Å². The molecule has 13 heteroatoms. The highest BCUT2D eigenvalue weighted by molar-refractivity contribution is 5.78. The minimum atomic E-state index is -0.768. The summed E-state index contributed by atoms with van der Waals surface area (Å²) >= 11 is 0. The van der Waals surface area contributed by atoms with Crippen LogP contribution in [0.5, 0.6) is 0 Å². The van der Waals surface area contributed by atoms with Gasteiger partial charge in [0.05, 0.1) is 16.2 Å². The lowest BCUT2D eigenvalue weighted by Crippen LogP contribution is -2.16. The third kappa shape index (κ3) is 4.81. The zero-order chi connectivity index (χ0) is 23.4. The first-order valence-corrected chi connectivity index (χ1v) is 9.63. The van der Waals surface area contributed by atoms with Gasteiger partial charge in [0, 0.05) is 49.4 Å². The molecule has 1 aromatic carbocycles. The Morgan fingerprint density at radius 3 is 2.58 bits per heavy atom. The number of hydrogen-bond donors (Lipinski definition) is 4. The molecule has 0 spiro atoms. The van der Waals surface area contributed by atoms with Gasteiger partial charge in [0.25, 0.3) is 0 Å². The molecule has 4 aromatic rings. The van der Waals surface area contributed by atoms with Gasteiger partial charge in [-0.3, -0.25) is 10.1 Å². The molecule has 0 amide bonds. The average molecular weight is 453 g/mol. The molecule has 0 saturated heterocycles. The summed E-state index contributed by atoms with van der Waals surface area (Å²) in [6.07, 6.45) is 4.63. The number of nitrogen functional groups attached to an aromatic ring is 1. The van der Waals surface area contributed by atoms with Crippen LogP contribution in [0.4, 0.5) is 32.1 Å². The van der Waals surface area contributed by atoms with Crippen molar-refractivity contribution in [2.24, 2.45) is 0 Å². The van der Waals surface area contributed by atoms with Gasteiger partial charge in [0.1, 0.15) is 23.3 Å². The third-order valence-electron chi connectivity index (χ3n) is 4.54. The highest BCUT2D eigenvalue weighted by Crippen LogP contribution is 2.31. The Bertz CT molecular complexity index is 1300. The summed E-state index contributed by atoms with van der Waals surface area (Å²) in [5.74, 6) is -0.652. The first-order chi connectivity index (χ1) is 15.9. The lowest BCUT2D eigenvalue weighted by molar-refractivity contribution is -0.384. The van der Waals surface area contributed by atoms with Crippen LogP contribution in [-0.4, -0.2) is 42.9 Å². The van der Waals surface area contributed by atoms with E-state index < -0.39 is 16.6 Å². The van der Waals surface area contributed by atoms with E-state index in [2.05, 4.69) is 35.6 Å². The van der Waals surface area contributed by atoms with Gasteiger partial charge >= 0.3 is 5.69 Å². The maximum atomic E-state index is 14.5. The number of aromatic nitrogens is 5. The molecule has 33 heavy (non-hydrogen) atoms. The van der Waals surface area contributed by atoms with E-state index in [-0.39, 0.29) is 28.7 Å². The minimum absolute atomic E-state index is 0.0944. The molecule has 0 aliphatic rings. The number of benzene rings is 1. The van der Waals surface area contributed by atoms with Crippen molar-refractivity contribution in [1.82, 2.24) is 24.9 Å². The molecule has 0 radical (unpaired) electrons. The highest BCUT2D eigenvalue weighted by atomic mass is 19.1. The van der Waals surface area contributed by atoms with E-state index in [1.54, 1.807) is 6.20 Å². The number of rotatable bonds is 8. The molecule has 3 aromatic heterocycles. The number of hydrogen-bond acceptors (Lipinski definition) is 9. The summed E-state index contributed by atoms with van der Waals surface area (Å²) in [7, 11) is 0. The van der Waals surface area contributed by atoms with Gasteiger partial charge in [-0.15, -0.1) is 0 Å². The van der Waals surface area contributed by atoms with Crippen LogP contribution < -0.4 is 16.4 Å². The van der Waals surface area contributed by atoms with E-state index in [9.17, 15) is 18.9 Å². The second-order valence-corrected chi connectivity index (χ2v) is 6.73. The fourth-order valence-corrected chi connectivity index (χ4v) is 3.02. The van der Waals surface area contributed by atoms with Crippen molar-refractivity contribution in [2.75, 3.05) is 29.5 Å². The smallest absolute Gasteiger partial charge is 0.311 e. The van der Waals surface area contributed by atoms with Crippen LogP contribution in [0.15, 0.2) is 48.9 Å². The molecule has 4 rings (SSSR count). The number of nitro groups is 1. The molecule has 5 N–H and O–H groups in total. The molecule has 0 aliphatic carbocycles. The SMILES string of the molecule is Nc1nc(NCCNc2ncc(-c3ncc[nH]3)c(-c3ccc(F)cc3F)n2)ccc1[N+](=O)[O-]. The molecule has 0 atom stereocenters. The summed E-state index contributed by atoms with van der Waals surface area (Å²) in [4.78, 5) is 29.9. The van der Waals surface area contributed by atoms with Gasteiger partial charge < -0.3 is 21.4 Å². The van der Waals surface area contributed by atoms with Crippen molar-refractivity contribution < 1.29 is 13.7 Å². The minimum Gasteiger partial charge on any atom is -0.378 e. The van der Waals surface area contributed by atoms with Crippen LogP contribution in [-0.2, 0) is 0 Å². The number of imidazole rings is 1. The lowest BCUT2D eigenvalue weighted by Gasteiger charge is -2.12. The van der Waals surface area contributed by atoms with E-state index in [0.717, 1.165) is 12.1 Å². The summed E-state index contributed by atoms with van der Waals surface area (Å²) in [5.41, 5.74) is 6.07. The Morgan fingerprint density at radius 1 is 1.06 bits per heavy atom. The zero-order valence-corrected chi connectivity index (χ0v) is 16.9. The first kappa shape index (κ1) is 21.5. The van der Waals surface area contributed by atoms with Crippen LogP contribution in [0, 0.1) is 21.7 Å². The predicted molar refractivity (Wildman–Crippen MR) is 117 cm³/mol. The Kier molecular flexibility index (Phi) is 6.02. The topological polar surface area (TPSA) is 161 Å². The Balaban J connectivity index is 1.49. The monoisotopic (exact) mass is 453 g/mol. The first-order valence-electron chi connectivity index (χ1n) is 9.63. The van der Waals surface area contributed by atoms with Gasteiger partial charge in [0.2, 0.25) is 11.8 Å². The fourth-order valence-electron chi connectivity index (χ4n) is 3.02. The molecular formula is C20H17F2N9O2. The van der Waals surface area contributed by atoms with Crippen molar-refractivity contribution in [3.05, 3.63) is 70.7 Å². The third-order valence-corrected chi connectivity index (χ3v) is 4.54. The normalized spacial score (nSPS) is 10.7. The number of H-pyrrole nitrogens is 1. The summed E-state index contributed by atoms with van der Waals surface area (Å²) in [6, 6.07) is 5.93. The average Bonchev–Trinajstić information content (AvgIpc) is 3.31. The van der Waals surface area contributed by atoms with Crippen LogP contribution >= 0.6 is 0 Å². The standard InChI is InChI=1S/C20H17F2N9O2/c21-11-1-2-12(14(22)9-11)17-13(19-25-6-7-26-19)10-28-20(30-17)27-8-5-24-16-4-3-15(31(32)33)18(23)29-16/h1-4,6-7,9-10H,5,8H2,(H,25,26)(H3,23,24,29)(H,27,28,30). The number of halogens is 2. The van der Waals surface area contributed by atoms with Gasteiger partial charge in [-0.2, -0.15) is 0 Å². The molecule has 3 heterocycles. The largest absolute Gasteiger partial charge is 0.378 e. The van der Waals surface area contributed by atoms with E-state index >= 15 is 0 Å². The molecule has 0 bridgehead atoms. The number of nitrogens with two attached hydrogens (primary N) is 1. The Hall–Kier alpha value is -4.68. The van der Waals surface area contributed by atoms with Crippen LogP contribution in [0.25, 0.3) is 22.6 Å². The van der Waals surface area contributed by atoms with Crippen molar-refractivity contribution >= 4 is 23.3 Å². The molecule has 0 saturated carbocycles. The van der Waals surface area contributed by atoms with Gasteiger partial charge in [-0.25, -0.2) is 28.7 Å². The van der Waals surface area contributed by atoms with E-state index in [1.807, 2.05) is 0 Å². The fraction of sp³-hybridized carbons (Fsp3) is 0.100.